The van der Waals surface area contributed by atoms with E-state index in [4.69, 9.17) is 16.3 Å². The SMILES string of the molecule is Clc1cn(Cc2ccccc2)nc1OCC1=NCCN1. The Kier molecular flexibility index (Phi) is 3.87. The fraction of sp³-hybridized carbons (Fsp3) is 0.286. The summed E-state index contributed by atoms with van der Waals surface area (Å²) in [4.78, 5) is 4.26. The maximum Gasteiger partial charge on any atom is 0.252 e. The van der Waals surface area contributed by atoms with E-state index in [1.807, 2.05) is 30.3 Å². The Morgan fingerprint density at radius 2 is 2.15 bits per heavy atom. The van der Waals surface area contributed by atoms with Crippen molar-refractivity contribution in [1.82, 2.24) is 15.1 Å². The van der Waals surface area contributed by atoms with Crippen LogP contribution in [0.5, 0.6) is 5.88 Å². The van der Waals surface area contributed by atoms with Crippen molar-refractivity contribution in [3.05, 3.63) is 47.1 Å². The van der Waals surface area contributed by atoms with Crippen molar-refractivity contribution in [2.45, 2.75) is 6.54 Å². The summed E-state index contributed by atoms with van der Waals surface area (Å²) in [5.74, 6) is 1.29. The molecule has 1 aliphatic rings. The van der Waals surface area contributed by atoms with Crippen LogP contribution in [0.25, 0.3) is 0 Å². The molecule has 0 saturated carbocycles. The first-order chi connectivity index (χ1) is 9.81. The third-order valence-corrected chi connectivity index (χ3v) is 3.22. The zero-order valence-electron chi connectivity index (χ0n) is 10.9. The summed E-state index contributed by atoms with van der Waals surface area (Å²) in [7, 11) is 0. The second kappa shape index (κ2) is 5.96. The van der Waals surface area contributed by atoms with Crippen molar-refractivity contribution in [2.24, 2.45) is 4.99 Å². The third-order valence-electron chi connectivity index (χ3n) is 2.96. The van der Waals surface area contributed by atoms with E-state index in [-0.39, 0.29) is 0 Å². The van der Waals surface area contributed by atoms with E-state index in [9.17, 15) is 0 Å². The predicted octanol–water partition coefficient (Wildman–Crippen LogP) is 1.97. The number of hydrogen-bond acceptors (Lipinski definition) is 4. The molecule has 0 bridgehead atoms. The molecule has 0 amide bonds. The van der Waals surface area contributed by atoms with Gasteiger partial charge in [-0.25, -0.2) is 0 Å². The lowest BCUT2D eigenvalue weighted by molar-refractivity contribution is 0.353. The molecule has 104 valence electrons. The summed E-state index contributed by atoms with van der Waals surface area (Å²) < 4.78 is 7.36. The van der Waals surface area contributed by atoms with E-state index in [0.29, 0.717) is 24.1 Å². The molecule has 6 heteroatoms. The maximum absolute atomic E-state index is 6.13. The smallest absolute Gasteiger partial charge is 0.252 e. The van der Waals surface area contributed by atoms with Gasteiger partial charge < -0.3 is 10.1 Å². The number of benzene rings is 1. The summed E-state index contributed by atoms with van der Waals surface area (Å²) >= 11 is 6.13. The van der Waals surface area contributed by atoms with Crippen LogP contribution in [-0.2, 0) is 6.54 Å². The van der Waals surface area contributed by atoms with Crippen LogP contribution in [0, 0.1) is 0 Å². The molecule has 0 atom stereocenters. The number of ether oxygens (including phenoxy) is 1. The molecular weight excluding hydrogens is 276 g/mol. The van der Waals surface area contributed by atoms with Gasteiger partial charge in [-0.3, -0.25) is 9.67 Å². The average Bonchev–Trinajstić information content (AvgIpc) is 3.08. The van der Waals surface area contributed by atoms with Gasteiger partial charge in [0.2, 0.25) is 0 Å². The van der Waals surface area contributed by atoms with E-state index < -0.39 is 0 Å². The molecule has 0 spiro atoms. The lowest BCUT2D eigenvalue weighted by Gasteiger charge is -2.04. The van der Waals surface area contributed by atoms with Crippen LogP contribution >= 0.6 is 11.6 Å². The van der Waals surface area contributed by atoms with Crippen molar-refractivity contribution in [1.29, 1.82) is 0 Å². The summed E-state index contributed by atoms with van der Waals surface area (Å²) in [6.07, 6.45) is 1.77. The second-order valence-electron chi connectivity index (χ2n) is 4.51. The van der Waals surface area contributed by atoms with Gasteiger partial charge in [0, 0.05) is 12.7 Å². The van der Waals surface area contributed by atoms with Gasteiger partial charge in [-0.1, -0.05) is 41.9 Å². The standard InChI is InChI=1S/C14H15ClN4O/c15-12-9-19(8-11-4-2-1-3-5-11)18-14(12)20-10-13-16-6-7-17-13/h1-5,9H,6-8,10H2,(H,16,17). The van der Waals surface area contributed by atoms with Crippen LogP contribution in [0.2, 0.25) is 5.02 Å². The van der Waals surface area contributed by atoms with Crippen molar-refractivity contribution in [3.8, 4) is 5.88 Å². The molecule has 3 rings (SSSR count). The first-order valence-corrected chi connectivity index (χ1v) is 6.86. The lowest BCUT2D eigenvalue weighted by Crippen LogP contribution is -2.25. The number of nitrogens with one attached hydrogen (secondary N) is 1. The maximum atomic E-state index is 6.13. The van der Waals surface area contributed by atoms with Gasteiger partial charge in [0.1, 0.15) is 17.5 Å². The van der Waals surface area contributed by atoms with E-state index >= 15 is 0 Å². The highest BCUT2D eigenvalue weighted by atomic mass is 35.5. The van der Waals surface area contributed by atoms with Crippen LogP contribution in [0.1, 0.15) is 5.56 Å². The normalized spacial score (nSPS) is 13.9. The van der Waals surface area contributed by atoms with Crippen molar-refractivity contribution in [3.63, 3.8) is 0 Å². The quantitative estimate of drug-likeness (QED) is 0.916. The molecule has 1 N–H and O–H groups in total. The number of amidine groups is 1. The molecule has 0 radical (unpaired) electrons. The van der Waals surface area contributed by atoms with Gasteiger partial charge in [-0.2, -0.15) is 0 Å². The number of rotatable bonds is 5. The minimum Gasteiger partial charge on any atom is -0.467 e. The molecule has 20 heavy (non-hydrogen) atoms. The number of hydrogen-bond donors (Lipinski definition) is 1. The Balaban J connectivity index is 1.64. The van der Waals surface area contributed by atoms with Gasteiger partial charge in [-0.15, -0.1) is 5.10 Å². The lowest BCUT2D eigenvalue weighted by atomic mass is 10.2. The monoisotopic (exact) mass is 290 g/mol. The van der Waals surface area contributed by atoms with Gasteiger partial charge in [0.15, 0.2) is 0 Å². The number of aromatic nitrogens is 2. The number of nitrogens with zero attached hydrogens (tertiary/aromatic N) is 3. The van der Waals surface area contributed by atoms with Gasteiger partial charge in [0.05, 0.1) is 13.1 Å². The Bertz CT molecular complexity index is 609. The van der Waals surface area contributed by atoms with Crippen LogP contribution in [0.15, 0.2) is 41.5 Å². The molecule has 0 saturated heterocycles. The fourth-order valence-electron chi connectivity index (χ4n) is 2.01. The largest absolute Gasteiger partial charge is 0.467 e. The summed E-state index contributed by atoms with van der Waals surface area (Å²) in [5, 5.41) is 8.00. The highest BCUT2D eigenvalue weighted by molar-refractivity contribution is 6.31. The highest BCUT2D eigenvalue weighted by Crippen LogP contribution is 2.22. The predicted molar refractivity (Wildman–Crippen MR) is 78.6 cm³/mol. The summed E-state index contributed by atoms with van der Waals surface area (Å²) in [6, 6.07) is 10.1. The van der Waals surface area contributed by atoms with Gasteiger partial charge in [0.25, 0.3) is 5.88 Å². The highest BCUT2D eigenvalue weighted by Gasteiger charge is 2.11. The molecule has 0 unspecified atom stereocenters. The number of halogens is 1. The van der Waals surface area contributed by atoms with Crippen LogP contribution in [-0.4, -0.2) is 35.3 Å². The first kappa shape index (κ1) is 13.0. The number of aliphatic imine (C=N–C) groups is 1. The van der Waals surface area contributed by atoms with E-state index in [1.165, 1.54) is 5.56 Å². The minimum absolute atomic E-state index is 0.377. The van der Waals surface area contributed by atoms with E-state index in [2.05, 4.69) is 15.4 Å². The van der Waals surface area contributed by atoms with E-state index in [1.54, 1.807) is 10.9 Å². The molecule has 0 aliphatic carbocycles. The third kappa shape index (κ3) is 3.11. The average molecular weight is 291 g/mol. The van der Waals surface area contributed by atoms with Crippen molar-refractivity contribution < 1.29 is 4.74 Å². The van der Waals surface area contributed by atoms with Crippen molar-refractivity contribution in [2.75, 3.05) is 19.7 Å². The molecule has 2 heterocycles. The Morgan fingerprint density at radius 1 is 1.30 bits per heavy atom. The molecule has 5 nitrogen and oxygen atoms in total. The first-order valence-electron chi connectivity index (χ1n) is 6.48. The Hall–Kier alpha value is -2.01. The molecular formula is C14H15ClN4O. The molecule has 0 fully saturated rings. The Labute approximate surface area is 122 Å². The molecule has 1 aromatic heterocycles. The van der Waals surface area contributed by atoms with Gasteiger partial charge in [-0.05, 0) is 5.56 Å². The summed E-state index contributed by atoms with van der Waals surface area (Å²) in [5.41, 5.74) is 1.17. The van der Waals surface area contributed by atoms with Crippen LogP contribution < -0.4 is 10.1 Å². The minimum atomic E-state index is 0.377. The molecule has 1 aliphatic heterocycles. The fourth-order valence-corrected chi connectivity index (χ4v) is 2.21. The zero-order valence-corrected chi connectivity index (χ0v) is 11.7. The van der Waals surface area contributed by atoms with Crippen molar-refractivity contribution >= 4 is 17.4 Å². The second-order valence-corrected chi connectivity index (χ2v) is 4.92. The topological polar surface area (TPSA) is 51.4 Å². The summed E-state index contributed by atoms with van der Waals surface area (Å²) in [6.45, 7) is 2.72. The van der Waals surface area contributed by atoms with Gasteiger partial charge >= 0.3 is 0 Å². The van der Waals surface area contributed by atoms with E-state index in [0.717, 1.165) is 18.9 Å². The molecule has 2 aromatic rings. The van der Waals surface area contributed by atoms with Crippen LogP contribution in [0.4, 0.5) is 0 Å². The zero-order chi connectivity index (χ0) is 13.8. The molecule has 1 aromatic carbocycles. The Morgan fingerprint density at radius 3 is 2.90 bits per heavy atom. The van der Waals surface area contributed by atoms with Crippen LogP contribution in [0.3, 0.4) is 0 Å².